The third-order valence-corrected chi connectivity index (χ3v) is 12.2. The van der Waals surface area contributed by atoms with Gasteiger partial charge in [-0.3, -0.25) is 14.4 Å². The number of ketones is 1. The molecule has 0 aliphatic heterocycles. The molecule has 0 heterocycles. The molecule has 0 aromatic heterocycles. The van der Waals surface area contributed by atoms with Gasteiger partial charge < -0.3 is 26.2 Å². The van der Waals surface area contributed by atoms with Crippen LogP contribution in [0.3, 0.4) is 0 Å². The highest BCUT2D eigenvalue weighted by atomic mass is 16.4. The van der Waals surface area contributed by atoms with E-state index in [-0.39, 0.29) is 33.2 Å². The van der Waals surface area contributed by atoms with Crippen LogP contribution in [0.25, 0.3) is 0 Å². The number of fused-ring (bicyclic) bond motifs is 7. The van der Waals surface area contributed by atoms with Crippen molar-refractivity contribution >= 4 is 17.7 Å². The molecule has 0 aromatic rings. The van der Waals surface area contributed by atoms with Crippen molar-refractivity contribution in [2.24, 2.45) is 38.7 Å². The number of allylic oxidation sites excluding steroid dienone is 7. The smallest absolute Gasteiger partial charge is 0.323 e. The molecule has 0 aromatic carbocycles. The number of aliphatic hydroxyl groups is 2. The summed E-state index contributed by atoms with van der Waals surface area (Å²) >= 11 is 0. The van der Waals surface area contributed by atoms with Crippen LogP contribution in [0.5, 0.6) is 0 Å². The summed E-state index contributed by atoms with van der Waals surface area (Å²) in [6, 6.07) is -1.16. The lowest BCUT2D eigenvalue weighted by atomic mass is 9.34. The Kier molecular flexibility index (Phi) is 7.57. The fourth-order valence-electron chi connectivity index (χ4n) is 8.86. The molecule has 0 radical (unpaired) electrons. The molecule has 3 fully saturated rings. The molecule has 8 nitrogen and oxygen atoms in total. The van der Waals surface area contributed by atoms with Crippen molar-refractivity contribution in [2.45, 2.75) is 106 Å². The van der Waals surface area contributed by atoms with E-state index >= 15 is 0 Å². The van der Waals surface area contributed by atoms with Crippen molar-refractivity contribution in [3.63, 3.8) is 0 Å². The van der Waals surface area contributed by atoms with Gasteiger partial charge in [-0.15, -0.1) is 0 Å². The monoisotopic (exact) mass is 569 g/mol. The largest absolute Gasteiger partial charge is 0.504 e. The maximum Gasteiger partial charge on any atom is 0.323 e. The van der Waals surface area contributed by atoms with E-state index in [0.717, 1.165) is 56.1 Å². The second kappa shape index (κ2) is 9.94. The van der Waals surface area contributed by atoms with Crippen LogP contribution in [-0.4, -0.2) is 50.3 Å². The van der Waals surface area contributed by atoms with E-state index in [0.29, 0.717) is 11.5 Å². The number of hydrogen-bond acceptors (Lipinski definition) is 6. The first-order valence-corrected chi connectivity index (χ1v) is 14.8. The molecule has 0 bridgehead atoms. The standard InChI is InChI=1S/C29H38O4.C4H9NO3/c1-17-18-7-8-21-27(4,19(18)15-20(30)23(17)31)12-14-29(6)22-16-26(3,24(32)33)10-9-25(22,2)11-13-28(21,29)5;1-2(6)3(5)4(7)8/h7-8,15,22,31H,9-14,16H2,1-6H3,(H,32,33);2-3,6H,5H2,1H3,(H,7,8)/t22-,25-,26-,27+,28-,29+;/m1./s1. The fourth-order valence-corrected chi connectivity index (χ4v) is 8.86. The average molecular weight is 570 g/mol. The van der Waals surface area contributed by atoms with Crippen LogP contribution in [0.4, 0.5) is 0 Å². The quantitative estimate of drug-likeness (QED) is 0.299. The topological polar surface area (TPSA) is 158 Å². The highest BCUT2D eigenvalue weighted by Gasteiger charge is 2.67. The number of aliphatic hydroxyl groups excluding tert-OH is 2. The van der Waals surface area contributed by atoms with Crippen LogP contribution in [0.2, 0.25) is 0 Å². The van der Waals surface area contributed by atoms with E-state index in [2.05, 4.69) is 39.8 Å². The summed E-state index contributed by atoms with van der Waals surface area (Å²) in [6.45, 7) is 14.6. The van der Waals surface area contributed by atoms with Gasteiger partial charge in [0.15, 0.2) is 5.76 Å². The van der Waals surface area contributed by atoms with Gasteiger partial charge in [0.05, 0.1) is 11.5 Å². The Labute approximate surface area is 243 Å². The number of carbonyl (C=O) groups excluding carboxylic acids is 1. The minimum atomic E-state index is -1.18. The van der Waals surface area contributed by atoms with Gasteiger partial charge in [-0.25, -0.2) is 0 Å². The van der Waals surface area contributed by atoms with Crippen LogP contribution in [-0.2, 0) is 14.4 Å². The van der Waals surface area contributed by atoms with Crippen molar-refractivity contribution in [2.75, 3.05) is 0 Å². The highest BCUT2D eigenvalue weighted by Crippen LogP contribution is 2.75. The summed E-state index contributed by atoms with van der Waals surface area (Å²) in [7, 11) is 0. The first kappa shape index (κ1) is 31.2. The number of aliphatic carboxylic acids is 2. The van der Waals surface area contributed by atoms with Crippen LogP contribution >= 0.6 is 0 Å². The minimum absolute atomic E-state index is 0.0000746. The number of carboxylic acids is 2. The lowest BCUT2D eigenvalue weighted by molar-refractivity contribution is -0.178. The molecule has 0 saturated heterocycles. The zero-order chi connectivity index (χ0) is 30.9. The molecular formula is C33H47NO7. The first-order valence-electron chi connectivity index (χ1n) is 14.8. The van der Waals surface area contributed by atoms with E-state index < -0.39 is 29.5 Å². The molecule has 226 valence electrons. The molecule has 6 N–H and O–H groups in total. The van der Waals surface area contributed by atoms with Gasteiger partial charge in [-0.05, 0) is 105 Å². The van der Waals surface area contributed by atoms with E-state index in [1.165, 1.54) is 12.5 Å². The Morgan fingerprint density at radius 1 is 0.976 bits per heavy atom. The van der Waals surface area contributed by atoms with Crippen molar-refractivity contribution in [1.82, 2.24) is 0 Å². The van der Waals surface area contributed by atoms with Crippen molar-refractivity contribution in [3.8, 4) is 0 Å². The first-order chi connectivity index (χ1) is 18.8. The summed E-state index contributed by atoms with van der Waals surface area (Å²) in [5.41, 5.74) is 8.24. The lowest BCUT2D eigenvalue weighted by Crippen LogP contribution is -2.62. The molecule has 2 unspecified atom stereocenters. The number of rotatable bonds is 3. The summed E-state index contributed by atoms with van der Waals surface area (Å²) in [4.78, 5) is 34.7. The summed E-state index contributed by atoms with van der Waals surface area (Å²) in [5.74, 6) is -1.91. The third kappa shape index (κ3) is 4.53. The van der Waals surface area contributed by atoms with Crippen molar-refractivity contribution in [3.05, 3.63) is 46.3 Å². The van der Waals surface area contributed by atoms with Crippen molar-refractivity contribution in [1.29, 1.82) is 0 Å². The molecule has 41 heavy (non-hydrogen) atoms. The molecule has 5 rings (SSSR count). The van der Waals surface area contributed by atoms with Gasteiger partial charge in [-0.2, -0.15) is 0 Å². The lowest BCUT2D eigenvalue weighted by Gasteiger charge is -2.70. The van der Waals surface area contributed by atoms with Crippen LogP contribution in [0.15, 0.2) is 46.3 Å². The zero-order valence-corrected chi connectivity index (χ0v) is 25.5. The highest BCUT2D eigenvalue weighted by molar-refractivity contribution is 6.06. The Morgan fingerprint density at radius 2 is 1.59 bits per heavy atom. The van der Waals surface area contributed by atoms with Gasteiger partial charge in [0, 0.05) is 11.0 Å². The maximum atomic E-state index is 12.6. The Bertz CT molecular complexity index is 1310. The molecule has 3 saturated carbocycles. The Morgan fingerprint density at radius 3 is 2.12 bits per heavy atom. The van der Waals surface area contributed by atoms with Gasteiger partial charge in [0.25, 0.3) is 0 Å². The van der Waals surface area contributed by atoms with Gasteiger partial charge in [-0.1, -0.05) is 45.4 Å². The number of hydrogen-bond donors (Lipinski definition) is 5. The van der Waals surface area contributed by atoms with Crippen LogP contribution in [0, 0.1) is 33.0 Å². The number of carboxylic acid groups (broad SMARTS) is 2. The molecular weight excluding hydrogens is 522 g/mol. The minimum Gasteiger partial charge on any atom is -0.504 e. The number of nitrogens with two attached hydrogens (primary N) is 1. The third-order valence-electron chi connectivity index (χ3n) is 12.2. The molecule has 0 amide bonds. The van der Waals surface area contributed by atoms with Gasteiger partial charge in [0.1, 0.15) is 6.04 Å². The Balaban J connectivity index is 0.000000426. The second-order valence-electron chi connectivity index (χ2n) is 14.5. The molecule has 5 aliphatic rings. The van der Waals surface area contributed by atoms with Crippen LogP contribution < -0.4 is 5.73 Å². The SMILES string of the molecule is CC(O)C(N)C(=O)O.CC1=C(O)C(=O)C=C2C1=CC=C1[C@@]2(C)CC[C@@]2(C)[C@@H]3C[C@](C)(C(=O)O)CC[C@]3(C)CC[C@]12C. The normalized spacial score (nSPS) is 41.0. The Hall–Kier alpha value is -2.71. The summed E-state index contributed by atoms with van der Waals surface area (Å²) in [6.07, 6.45) is 11.7. The van der Waals surface area contributed by atoms with Gasteiger partial charge >= 0.3 is 11.9 Å². The van der Waals surface area contributed by atoms with Gasteiger partial charge in [0.2, 0.25) is 5.78 Å². The summed E-state index contributed by atoms with van der Waals surface area (Å²) in [5, 5.41) is 36.9. The average Bonchev–Trinajstić information content (AvgIpc) is 2.90. The predicted molar refractivity (Wildman–Crippen MR) is 156 cm³/mol. The van der Waals surface area contributed by atoms with Crippen LogP contribution in [0.1, 0.15) is 93.4 Å². The summed E-state index contributed by atoms with van der Waals surface area (Å²) < 4.78 is 0. The predicted octanol–water partition coefficient (Wildman–Crippen LogP) is 5.48. The van der Waals surface area contributed by atoms with E-state index in [1.54, 1.807) is 6.08 Å². The van der Waals surface area contributed by atoms with E-state index in [9.17, 15) is 24.6 Å². The fraction of sp³-hybridized carbons (Fsp3) is 0.667. The van der Waals surface area contributed by atoms with E-state index in [1.807, 2.05) is 13.8 Å². The number of carbonyl (C=O) groups is 3. The zero-order valence-electron chi connectivity index (χ0n) is 25.5. The van der Waals surface area contributed by atoms with E-state index in [4.69, 9.17) is 15.9 Å². The molecule has 8 heteroatoms. The second-order valence-corrected chi connectivity index (χ2v) is 14.5. The van der Waals surface area contributed by atoms with Crippen molar-refractivity contribution < 1.29 is 34.8 Å². The molecule has 8 atom stereocenters. The molecule has 5 aliphatic carbocycles. The maximum absolute atomic E-state index is 12.6. The molecule has 0 spiro atoms.